The Balaban J connectivity index is 1.41. The lowest BCUT2D eigenvalue weighted by Crippen LogP contribution is -2.26. The molecule has 3 aromatic carbocycles. The van der Waals surface area contributed by atoms with Gasteiger partial charge in [-0.25, -0.2) is 0 Å². The lowest BCUT2D eigenvalue weighted by Gasteiger charge is -2.11. The first-order valence-corrected chi connectivity index (χ1v) is 10.2. The Kier molecular flexibility index (Phi) is 6.52. The third kappa shape index (κ3) is 5.16. The predicted molar refractivity (Wildman–Crippen MR) is 121 cm³/mol. The average Bonchev–Trinajstić information content (AvgIpc) is 3.27. The minimum absolute atomic E-state index is 0.169. The number of carbonyl (C=O) groups excluding carboxylic acids is 2. The SMILES string of the molecule is O=C(Cn1nnc(-c2ccccc2Cl)n1)Nc1ccccc1C(=O)NCc1ccccc1. The largest absolute Gasteiger partial charge is 0.348 e. The number of hydrogen-bond donors (Lipinski definition) is 2. The Morgan fingerprint density at radius 1 is 0.906 bits per heavy atom. The van der Waals surface area contributed by atoms with Crippen molar-refractivity contribution in [2.45, 2.75) is 13.1 Å². The number of benzene rings is 3. The summed E-state index contributed by atoms with van der Waals surface area (Å²) < 4.78 is 0. The van der Waals surface area contributed by atoms with Gasteiger partial charge in [0, 0.05) is 12.1 Å². The standard InChI is InChI=1S/C23H19ClN6O2/c24-19-12-6-4-10-17(19)22-27-29-30(28-22)15-21(31)26-20-13-7-5-11-18(20)23(32)25-14-16-8-2-1-3-9-16/h1-13H,14-15H2,(H,25,32)(H,26,31). The summed E-state index contributed by atoms with van der Waals surface area (Å²) >= 11 is 6.16. The van der Waals surface area contributed by atoms with E-state index in [0.29, 0.717) is 34.2 Å². The molecule has 2 N–H and O–H groups in total. The minimum atomic E-state index is -0.392. The molecule has 0 saturated carbocycles. The van der Waals surface area contributed by atoms with Crippen LogP contribution in [0, 0.1) is 0 Å². The van der Waals surface area contributed by atoms with Crippen LogP contribution in [0.1, 0.15) is 15.9 Å². The predicted octanol–water partition coefficient (Wildman–Crippen LogP) is 3.56. The molecule has 160 valence electrons. The summed E-state index contributed by atoms with van der Waals surface area (Å²) in [5.74, 6) is -0.356. The van der Waals surface area contributed by atoms with Crippen LogP contribution in [-0.4, -0.2) is 32.0 Å². The molecule has 1 heterocycles. The number of carbonyl (C=O) groups is 2. The number of nitrogens with zero attached hydrogens (tertiary/aromatic N) is 4. The minimum Gasteiger partial charge on any atom is -0.348 e. The molecular weight excluding hydrogens is 428 g/mol. The first kappa shape index (κ1) is 21.2. The molecular formula is C23H19ClN6O2. The van der Waals surface area contributed by atoms with E-state index in [1.54, 1.807) is 42.5 Å². The number of halogens is 1. The van der Waals surface area contributed by atoms with Crippen LogP contribution in [0.25, 0.3) is 11.4 Å². The van der Waals surface area contributed by atoms with Crippen molar-refractivity contribution >= 4 is 29.1 Å². The van der Waals surface area contributed by atoms with Crippen molar-refractivity contribution in [3.05, 3.63) is 95.0 Å². The van der Waals surface area contributed by atoms with Crippen LogP contribution >= 0.6 is 11.6 Å². The second-order valence-electron chi connectivity index (χ2n) is 6.89. The molecule has 0 radical (unpaired) electrons. The molecule has 0 atom stereocenters. The Morgan fingerprint density at radius 3 is 2.44 bits per heavy atom. The van der Waals surface area contributed by atoms with E-state index in [2.05, 4.69) is 26.0 Å². The summed E-state index contributed by atoms with van der Waals surface area (Å²) in [6, 6.07) is 23.5. The molecule has 0 saturated heterocycles. The van der Waals surface area contributed by atoms with Crippen LogP contribution in [0.3, 0.4) is 0 Å². The fraction of sp³-hybridized carbons (Fsp3) is 0.0870. The van der Waals surface area contributed by atoms with Crippen molar-refractivity contribution in [2.75, 3.05) is 5.32 Å². The molecule has 0 aliphatic rings. The van der Waals surface area contributed by atoms with Gasteiger partial charge in [-0.2, -0.15) is 4.80 Å². The molecule has 0 bridgehead atoms. The molecule has 4 aromatic rings. The van der Waals surface area contributed by atoms with E-state index < -0.39 is 5.91 Å². The van der Waals surface area contributed by atoms with Crippen LogP contribution in [0.5, 0.6) is 0 Å². The molecule has 9 heteroatoms. The first-order chi connectivity index (χ1) is 15.6. The molecule has 0 aliphatic carbocycles. The fourth-order valence-electron chi connectivity index (χ4n) is 3.04. The first-order valence-electron chi connectivity index (χ1n) is 9.84. The third-order valence-electron chi connectivity index (χ3n) is 4.59. The summed E-state index contributed by atoms with van der Waals surface area (Å²) in [6.07, 6.45) is 0. The van der Waals surface area contributed by atoms with E-state index >= 15 is 0 Å². The normalized spacial score (nSPS) is 10.5. The third-order valence-corrected chi connectivity index (χ3v) is 4.92. The molecule has 0 fully saturated rings. The molecule has 4 rings (SSSR count). The second kappa shape index (κ2) is 9.84. The van der Waals surface area contributed by atoms with E-state index in [-0.39, 0.29) is 12.5 Å². The van der Waals surface area contributed by atoms with Crippen LogP contribution < -0.4 is 10.6 Å². The Morgan fingerprint density at radius 2 is 1.62 bits per heavy atom. The van der Waals surface area contributed by atoms with Crippen LogP contribution in [0.4, 0.5) is 5.69 Å². The van der Waals surface area contributed by atoms with Gasteiger partial charge in [0.15, 0.2) is 0 Å². The zero-order chi connectivity index (χ0) is 22.3. The molecule has 0 aliphatic heterocycles. The van der Waals surface area contributed by atoms with E-state index in [4.69, 9.17) is 11.6 Å². The van der Waals surface area contributed by atoms with Gasteiger partial charge in [0.05, 0.1) is 16.3 Å². The van der Waals surface area contributed by atoms with Gasteiger partial charge in [-0.1, -0.05) is 66.2 Å². The van der Waals surface area contributed by atoms with Gasteiger partial charge in [0.25, 0.3) is 5.91 Å². The summed E-state index contributed by atoms with van der Waals surface area (Å²) in [5.41, 5.74) is 2.37. The molecule has 8 nitrogen and oxygen atoms in total. The number of aromatic nitrogens is 4. The van der Waals surface area contributed by atoms with Crippen LogP contribution in [-0.2, 0) is 17.9 Å². The van der Waals surface area contributed by atoms with Crippen molar-refractivity contribution in [3.8, 4) is 11.4 Å². The maximum absolute atomic E-state index is 12.7. The molecule has 1 aromatic heterocycles. The van der Waals surface area contributed by atoms with Crippen molar-refractivity contribution in [2.24, 2.45) is 0 Å². The highest BCUT2D eigenvalue weighted by Crippen LogP contribution is 2.23. The number of amides is 2. The van der Waals surface area contributed by atoms with Crippen molar-refractivity contribution < 1.29 is 9.59 Å². The van der Waals surface area contributed by atoms with Gasteiger partial charge >= 0.3 is 0 Å². The van der Waals surface area contributed by atoms with E-state index in [1.165, 1.54) is 4.80 Å². The molecule has 0 unspecified atom stereocenters. The van der Waals surface area contributed by atoms with Crippen molar-refractivity contribution in [1.29, 1.82) is 0 Å². The summed E-state index contributed by atoms with van der Waals surface area (Å²) in [4.78, 5) is 26.4. The quantitative estimate of drug-likeness (QED) is 0.452. The second-order valence-corrected chi connectivity index (χ2v) is 7.29. The number of rotatable bonds is 7. The number of hydrogen-bond acceptors (Lipinski definition) is 5. The highest BCUT2D eigenvalue weighted by Gasteiger charge is 2.15. The van der Waals surface area contributed by atoms with Crippen LogP contribution in [0.15, 0.2) is 78.9 Å². The Labute approximate surface area is 189 Å². The topological polar surface area (TPSA) is 102 Å². The lowest BCUT2D eigenvalue weighted by atomic mass is 10.1. The van der Waals surface area contributed by atoms with E-state index in [0.717, 1.165) is 5.56 Å². The van der Waals surface area contributed by atoms with Crippen molar-refractivity contribution in [3.63, 3.8) is 0 Å². The highest BCUT2D eigenvalue weighted by molar-refractivity contribution is 6.33. The Hall–Kier alpha value is -4.04. The van der Waals surface area contributed by atoms with Gasteiger partial charge in [-0.05, 0) is 35.0 Å². The van der Waals surface area contributed by atoms with E-state index in [9.17, 15) is 9.59 Å². The van der Waals surface area contributed by atoms with Gasteiger partial charge < -0.3 is 10.6 Å². The molecule has 0 spiro atoms. The summed E-state index contributed by atoms with van der Waals surface area (Å²) in [7, 11) is 0. The average molecular weight is 447 g/mol. The fourth-order valence-corrected chi connectivity index (χ4v) is 3.26. The number of nitrogens with one attached hydrogen (secondary N) is 2. The number of anilines is 1. The summed E-state index contributed by atoms with van der Waals surface area (Å²) in [5, 5.41) is 18.2. The number of para-hydroxylation sites is 1. The van der Waals surface area contributed by atoms with E-state index in [1.807, 2.05) is 36.4 Å². The number of tetrazole rings is 1. The zero-order valence-electron chi connectivity index (χ0n) is 16.9. The van der Waals surface area contributed by atoms with Gasteiger partial charge in [0.1, 0.15) is 6.54 Å². The van der Waals surface area contributed by atoms with Gasteiger partial charge in [0.2, 0.25) is 11.7 Å². The monoisotopic (exact) mass is 446 g/mol. The van der Waals surface area contributed by atoms with Gasteiger partial charge in [-0.3, -0.25) is 9.59 Å². The van der Waals surface area contributed by atoms with Gasteiger partial charge in [-0.15, -0.1) is 10.2 Å². The van der Waals surface area contributed by atoms with Crippen LogP contribution in [0.2, 0.25) is 5.02 Å². The van der Waals surface area contributed by atoms with Crippen molar-refractivity contribution in [1.82, 2.24) is 25.5 Å². The highest BCUT2D eigenvalue weighted by atomic mass is 35.5. The Bertz CT molecular complexity index is 1240. The maximum atomic E-state index is 12.7. The molecule has 32 heavy (non-hydrogen) atoms. The smallest absolute Gasteiger partial charge is 0.253 e. The zero-order valence-corrected chi connectivity index (χ0v) is 17.7. The summed E-state index contributed by atoms with van der Waals surface area (Å²) in [6.45, 7) is 0.215. The lowest BCUT2D eigenvalue weighted by molar-refractivity contribution is -0.117. The molecule has 2 amide bonds. The maximum Gasteiger partial charge on any atom is 0.253 e.